The highest BCUT2D eigenvalue weighted by Crippen LogP contribution is 2.42. The minimum Gasteiger partial charge on any atom is -0.497 e. The predicted molar refractivity (Wildman–Crippen MR) is 133 cm³/mol. The van der Waals surface area contributed by atoms with E-state index in [0.717, 1.165) is 58.6 Å². The number of benzene rings is 3. The van der Waals surface area contributed by atoms with Gasteiger partial charge >= 0.3 is 0 Å². The van der Waals surface area contributed by atoms with Crippen molar-refractivity contribution < 1.29 is 14.3 Å². The molecule has 34 heavy (non-hydrogen) atoms. The largest absolute Gasteiger partial charge is 0.497 e. The number of ether oxygens (including phenoxy) is 1. The van der Waals surface area contributed by atoms with Crippen molar-refractivity contribution in [3.8, 4) is 28.0 Å². The molecular formula is C28H29N3O3. The quantitative estimate of drug-likeness (QED) is 0.497. The van der Waals surface area contributed by atoms with Gasteiger partial charge in [-0.1, -0.05) is 18.2 Å². The Morgan fingerprint density at radius 2 is 1.85 bits per heavy atom. The highest BCUT2D eigenvalue weighted by Gasteiger charge is 2.30. The first-order chi connectivity index (χ1) is 16.4. The van der Waals surface area contributed by atoms with Crippen LogP contribution in [0.5, 0.6) is 5.75 Å². The number of nitrogens with two attached hydrogens (primary N) is 1. The van der Waals surface area contributed by atoms with Crippen molar-refractivity contribution in [2.24, 2.45) is 5.73 Å². The minimum absolute atomic E-state index is 0.0651. The second-order valence-corrected chi connectivity index (χ2v) is 9.35. The third kappa shape index (κ3) is 3.84. The summed E-state index contributed by atoms with van der Waals surface area (Å²) in [6.45, 7) is 1.52. The van der Waals surface area contributed by atoms with Gasteiger partial charge in [-0.3, -0.25) is 9.59 Å². The molecule has 6 heteroatoms. The van der Waals surface area contributed by atoms with Crippen molar-refractivity contribution in [1.29, 1.82) is 0 Å². The SMILES string of the molecule is COc1cccc(-c2cc(C(N)=O)c3c(c2)-c2ccc(C(=O)N4CC[C@@H](N(C)C)C4)cc2C3)c1. The van der Waals surface area contributed by atoms with Crippen molar-refractivity contribution in [2.75, 3.05) is 34.3 Å². The molecule has 1 aliphatic heterocycles. The van der Waals surface area contributed by atoms with Gasteiger partial charge in [0.1, 0.15) is 5.75 Å². The van der Waals surface area contributed by atoms with Crippen molar-refractivity contribution >= 4 is 11.8 Å². The smallest absolute Gasteiger partial charge is 0.253 e. The molecule has 1 saturated heterocycles. The molecule has 1 fully saturated rings. The normalized spacial score (nSPS) is 16.5. The zero-order chi connectivity index (χ0) is 24.0. The third-order valence-corrected chi connectivity index (χ3v) is 7.11. The Kier molecular flexibility index (Phi) is 5.62. The van der Waals surface area contributed by atoms with E-state index in [-0.39, 0.29) is 5.91 Å². The monoisotopic (exact) mass is 455 g/mol. The molecule has 1 atom stereocenters. The van der Waals surface area contributed by atoms with Gasteiger partial charge in [0, 0.05) is 30.3 Å². The van der Waals surface area contributed by atoms with Gasteiger partial charge in [0.25, 0.3) is 5.91 Å². The van der Waals surface area contributed by atoms with Crippen molar-refractivity contribution in [1.82, 2.24) is 9.80 Å². The van der Waals surface area contributed by atoms with Gasteiger partial charge in [-0.2, -0.15) is 0 Å². The Labute approximate surface area is 199 Å². The number of hydrogen-bond acceptors (Lipinski definition) is 4. The molecule has 0 aromatic heterocycles. The fraction of sp³-hybridized carbons (Fsp3) is 0.286. The molecule has 2 amide bonds. The lowest BCUT2D eigenvalue weighted by Crippen LogP contribution is -2.34. The Morgan fingerprint density at radius 3 is 2.56 bits per heavy atom. The lowest BCUT2D eigenvalue weighted by molar-refractivity contribution is 0.0782. The van der Waals surface area contributed by atoms with Crippen LogP contribution in [0.1, 0.15) is 38.3 Å². The van der Waals surface area contributed by atoms with E-state index in [1.54, 1.807) is 7.11 Å². The van der Waals surface area contributed by atoms with E-state index >= 15 is 0 Å². The number of amides is 2. The summed E-state index contributed by atoms with van der Waals surface area (Å²) in [5.74, 6) is 0.368. The van der Waals surface area contributed by atoms with E-state index in [1.165, 1.54) is 0 Å². The van der Waals surface area contributed by atoms with Gasteiger partial charge in [0.15, 0.2) is 0 Å². The van der Waals surface area contributed by atoms with Gasteiger partial charge in [0.05, 0.1) is 7.11 Å². The fourth-order valence-corrected chi connectivity index (χ4v) is 5.15. The number of nitrogens with zero attached hydrogens (tertiary/aromatic N) is 2. The highest BCUT2D eigenvalue weighted by molar-refractivity contribution is 6.01. The van der Waals surface area contributed by atoms with Crippen LogP contribution in [-0.2, 0) is 6.42 Å². The first kappa shape index (κ1) is 22.2. The van der Waals surface area contributed by atoms with E-state index in [2.05, 4.69) is 25.1 Å². The second kappa shape index (κ2) is 8.61. The van der Waals surface area contributed by atoms with E-state index in [0.29, 0.717) is 23.6 Å². The van der Waals surface area contributed by atoms with Gasteiger partial charge in [0.2, 0.25) is 5.91 Å². The van der Waals surface area contributed by atoms with Crippen LogP contribution in [0.3, 0.4) is 0 Å². The fourth-order valence-electron chi connectivity index (χ4n) is 5.15. The number of carbonyl (C=O) groups excluding carboxylic acids is 2. The molecule has 2 N–H and O–H groups in total. The predicted octanol–water partition coefficient (Wildman–Crippen LogP) is 3.81. The minimum atomic E-state index is -0.447. The van der Waals surface area contributed by atoms with Crippen LogP contribution >= 0.6 is 0 Å². The maximum absolute atomic E-state index is 13.2. The number of methoxy groups -OCH3 is 1. The molecule has 3 aromatic rings. The average Bonchev–Trinajstić information content (AvgIpc) is 3.48. The van der Waals surface area contributed by atoms with Crippen LogP contribution in [0, 0.1) is 0 Å². The molecule has 1 aliphatic carbocycles. The topological polar surface area (TPSA) is 75.9 Å². The van der Waals surface area contributed by atoms with E-state index < -0.39 is 5.91 Å². The Morgan fingerprint density at radius 1 is 1.03 bits per heavy atom. The summed E-state index contributed by atoms with van der Waals surface area (Å²) >= 11 is 0. The summed E-state index contributed by atoms with van der Waals surface area (Å²) in [6, 6.07) is 18.0. The molecule has 0 unspecified atom stereocenters. The Bertz CT molecular complexity index is 1300. The summed E-state index contributed by atoms with van der Waals surface area (Å²) in [4.78, 5) is 29.7. The first-order valence-corrected chi connectivity index (χ1v) is 11.6. The average molecular weight is 456 g/mol. The van der Waals surface area contributed by atoms with Crippen LogP contribution in [-0.4, -0.2) is 62.0 Å². The molecular weight excluding hydrogens is 426 g/mol. The number of hydrogen-bond donors (Lipinski definition) is 1. The van der Waals surface area contributed by atoms with Gasteiger partial charge in [-0.05, 0) is 96.7 Å². The van der Waals surface area contributed by atoms with E-state index in [9.17, 15) is 9.59 Å². The number of rotatable bonds is 5. The van der Waals surface area contributed by atoms with Crippen molar-refractivity contribution in [3.63, 3.8) is 0 Å². The van der Waals surface area contributed by atoms with Crippen molar-refractivity contribution in [2.45, 2.75) is 18.9 Å². The summed E-state index contributed by atoms with van der Waals surface area (Å²) in [7, 11) is 5.75. The Balaban J connectivity index is 1.51. The molecule has 174 valence electrons. The van der Waals surface area contributed by atoms with E-state index in [1.807, 2.05) is 53.4 Å². The van der Waals surface area contributed by atoms with Crippen LogP contribution in [0.15, 0.2) is 54.6 Å². The summed E-state index contributed by atoms with van der Waals surface area (Å²) < 4.78 is 5.37. The third-order valence-electron chi connectivity index (χ3n) is 7.11. The first-order valence-electron chi connectivity index (χ1n) is 11.6. The lowest BCUT2D eigenvalue weighted by atomic mass is 9.94. The zero-order valence-corrected chi connectivity index (χ0v) is 19.8. The number of likely N-dealkylation sites (N-methyl/N-ethyl adjacent to an activating group) is 1. The van der Waals surface area contributed by atoms with Crippen LogP contribution in [0.4, 0.5) is 0 Å². The van der Waals surface area contributed by atoms with Gasteiger partial charge in [-0.15, -0.1) is 0 Å². The molecule has 1 heterocycles. The molecule has 0 saturated carbocycles. The lowest BCUT2D eigenvalue weighted by Gasteiger charge is -2.20. The molecule has 6 nitrogen and oxygen atoms in total. The van der Waals surface area contributed by atoms with Crippen molar-refractivity contribution in [3.05, 3.63) is 76.9 Å². The zero-order valence-electron chi connectivity index (χ0n) is 19.8. The second-order valence-electron chi connectivity index (χ2n) is 9.35. The van der Waals surface area contributed by atoms with Crippen LogP contribution in [0.2, 0.25) is 0 Å². The highest BCUT2D eigenvalue weighted by atomic mass is 16.5. The number of likely N-dealkylation sites (tertiary alicyclic amines) is 1. The summed E-state index contributed by atoms with van der Waals surface area (Å²) in [6.07, 6.45) is 1.58. The van der Waals surface area contributed by atoms with Crippen LogP contribution in [0.25, 0.3) is 22.3 Å². The van der Waals surface area contributed by atoms with Gasteiger partial charge in [-0.25, -0.2) is 0 Å². The van der Waals surface area contributed by atoms with E-state index in [4.69, 9.17) is 10.5 Å². The number of carbonyl (C=O) groups is 2. The Hall–Kier alpha value is -3.64. The molecule has 2 aliphatic rings. The number of fused-ring (bicyclic) bond motifs is 3. The molecule has 0 spiro atoms. The summed E-state index contributed by atoms with van der Waals surface area (Å²) in [5, 5.41) is 0. The molecule has 0 bridgehead atoms. The summed E-state index contributed by atoms with van der Waals surface area (Å²) in [5.41, 5.74) is 12.9. The van der Waals surface area contributed by atoms with Crippen LogP contribution < -0.4 is 10.5 Å². The number of primary amides is 1. The molecule has 5 rings (SSSR count). The maximum Gasteiger partial charge on any atom is 0.253 e. The standard InChI is InChI=1S/C28H29N3O3/c1-30(2)21-9-10-31(16-21)28(33)18-7-8-23-20(11-18)15-25-24(23)13-19(14-26(25)27(29)32)17-5-4-6-22(12-17)34-3/h4-8,11-14,21H,9-10,15-16H2,1-3H3,(H2,29,32)/t21-/m1/s1. The molecule has 0 radical (unpaired) electrons. The van der Waals surface area contributed by atoms with Gasteiger partial charge < -0.3 is 20.3 Å². The maximum atomic E-state index is 13.2. The molecule has 3 aromatic carbocycles.